The first-order valence-electron chi connectivity index (χ1n) is 6.31. The number of β-amino-alcohol motifs (C(OH)–C–C–N with tert-alkyl or cyclic N) is 1. The van der Waals surface area contributed by atoms with E-state index in [-0.39, 0.29) is 35.3 Å². The highest BCUT2D eigenvalue weighted by Crippen LogP contribution is 2.29. The Hall–Kier alpha value is -1.66. The van der Waals surface area contributed by atoms with Gasteiger partial charge >= 0.3 is 0 Å². The lowest BCUT2D eigenvalue weighted by Crippen LogP contribution is -2.63. The number of likely N-dealkylation sites (tertiary alicyclic amines) is 1. The average Bonchev–Trinajstić information content (AvgIpc) is 2.34. The van der Waals surface area contributed by atoms with Gasteiger partial charge in [-0.05, 0) is 12.5 Å². The Kier molecular flexibility index (Phi) is 3.96. The molecule has 20 heavy (non-hydrogen) atoms. The number of hydrogen-bond acceptors (Lipinski definition) is 4. The predicted octanol–water partition coefficient (Wildman–Crippen LogP) is 2.24. The van der Waals surface area contributed by atoms with Crippen molar-refractivity contribution in [1.29, 1.82) is 0 Å². The smallest absolute Gasteiger partial charge is 0.271 e. The Morgan fingerprint density at radius 2 is 2.15 bits per heavy atom. The van der Waals surface area contributed by atoms with Crippen LogP contribution in [-0.4, -0.2) is 39.5 Å². The summed E-state index contributed by atoms with van der Waals surface area (Å²) >= 11 is 5.79. The van der Waals surface area contributed by atoms with Crippen molar-refractivity contribution in [1.82, 2.24) is 4.90 Å². The lowest BCUT2D eigenvalue weighted by Gasteiger charge is -2.46. The zero-order chi connectivity index (χ0) is 14.9. The Bertz CT molecular complexity index is 555. The maximum absolute atomic E-state index is 12.2. The quantitative estimate of drug-likeness (QED) is 0.682. The fourth-order valence-corrected chi connectivity index (χ4v) is 2.65. The molecule has 0 aliphatic carbocycles. The lowest BCUT2D eigenvalue weighted by atomic mass is 9.89. The number of amides is 1. The molecule has 7 heteroatoms. The molecule has 0 unspecified atom stereocenters. The van der Waals surface area contributed by atoms with Gasteiger partial charge < -0.3 is 10.0 Å². The SMILES string of the molecule is CCCC1(O)CN(C(=O)c2cc(Cl)cc([N+](=O)[O-])c2)C1. The largest absolute Gasteiger partial charge is 0.386 e. The van der Waals surface area contributed by atoms with Crippen molar-refractivity contribution in [3.05, 3.63) is 38.9 Å². The third-order valence-corrected chi connectivity index (χ3v) is 3.53. The van der Waals surface area contributed by atoms with Gasteiger partial charge in [0.15, 0.2) is 0 Å². The van der Waals surface area contributed by atoms with Gasteiger partial charge in [-0.1, -0.05) is 24.9 Å². The van der Waals surface area contributed by atoms with Gasteiger partial charge in [0.1, 0.15) is 0 Å². The van der Waals surface area contributed by atoms with Crippen LogP contribution in [0.2, 0.25) is 5.02 Å². The highest BCUT2D eigenvalue weighted by Gasteiger charge is 2.43. The fraction of sp³-hybridized carbons (Fsp3) is 0.462. The van der Waals surface area contributed by atoms with E-state index in [9.17, 15) is 20.0 Å². The second kappa shape index (κ2) is 5.38. The van der Waals surface area contributed by atoms with Gasteiger partial charge in [0.2, 0.25) is 0 Å². The molecular formula is C13H15ClN2O4. The summed E-state index contributed by atoms with van der Waals surface area (Å²) in [6, 6.07) is 3.79. The Balaban J connectivity index is 2.13. The van der Waals surface area contributed by atoms with Crippen molar-refractivity contribution in [2.45, 2.75) is 25.4 Å². The summed E-state index contributed by atoms with van der Waals surface area (Å²) < 4.78 is 0. The number of halogens is 1. The molecule has 2 rings (SSSR count). The molecule has 0 radical (unpaired) electrons. The second-order valence-electron chi connectivity index (χ2n) is 5.09. The summed E-state index contributed by atoms with van der Waals surface area (Å²) in [5.41, 5.74) is -0.873. The molecule has 1 amide bonds. The molecule has 1 aromatic carbocycles. The first-order valence-corrected chi connectivity index (χ1v) is 6.69. The van der Waals surface area contributed by atoms with E-state index in [4.69, 9.17) is 11.6 Å². The molecule has 1 N–H and O–H groups in total. The maximum atomic E-state index is 12.2. The number of non-ortho nitro benzene ring substituents is 1. The van der Waals surface area contributed by atoms with Crippen LogP contribution in [-0.2, 0) is 0 Å². The first kappa shape index (κ1) is 14.7. The van der Waals surface area contributed by atoms with Gasteiger partial charge in [-0.2, -0.15) is 0 Å². The number of hydrogen-bond donors (Lipinski definition) is 1. The molecule has 1 aliphatic rings. The van der Waals surface area contributed by atoms with Gasteiger partial charge in [-0.15, -0.1) is 0 Å². The van der Waals surface area contributed by atoms with Crippen LogP contribution in [0.1, 0.15) is 30.1 Å². The molecule has 0 bridgehead atoms. The molecule has 0 spiro atoms. The van der Waals surface area contributed by atoms with Gasteiger partial charge in [0.25, 0.3) is 11.6 Å². The summed E-state index contributed by atoms with van der Waals surface area (Å²) in [6.07, 6.45) is 1.47. The molecule has 6 nitrogen and oxygen atoms in total. The summed E-state index contributed by atoms with van der Waals surface area (Å²) in [7, 11) is 0. The maximum Gasteiger partial charge on any atom is 0.271 e. The van der Waals surface area contributed by atoms with Crippen molar-refractivity contribution in [2.75, 3.05) is 13.1 Å². The summed E-state index contributed by atoms with van der Waals surface area (Å²) in [5, 5.41) is 20.9. The minimum Gasteiger partial charge on any atom is -0.386 e. The minimum absolute atomic E-state index is 0.145. The molecule has 0 atom stereocenters. The Morgan fingerprint density at radius 1 is 1.50 bits per heavy atom. The normalized spacial score (nSPS) is 16.6. The molecule has 108 valence electrons. The highest BCUT2D eigenvalue weighted by atomic mass is 35.5. The van der Waals surface area contributed by atoms with Crippen LogP contribution < -0.4 is 0 Å². The number of nitrogens with zero attached hydrogens (tertiary/aromatic N) is 2. The average molecular weight is 299 g/mol. The van der Waals surface area contributed by atoms with Crippen molar-refractivity contribution in [2.24, 2.45) is 0 Å². The van der Waals surface area contributed by atoms with Gasteiger partial charge in [0, 0.05) is 22.7 Å². The van der Waals surface area contributed by atoms with Gasteiger partial charge in [0.05, 0.1) is 23.6 Å². The molecule has 0 aromatic heterocycles. The van der Waals surface area contributed by atoms with E-state index in [1.807, 2.05) is 6.92 Å². The van der Waals surface area contributed by atoms with Crippen LogP contribution in [0.3, 0.4) is 0 Å². The van der Waals surface area contributed by atoms with Crippen molar-refractivity contribution >= 4 is 23.2 Å². The predicted molar refractivity (Wildman–Crippen MR) is 73.9 cm³/mol. The number of carbonyl (C=O) groups excluding carboxylic acids is 1. The molecular weight excluding hydrogens is 284 g/mol. The molecule has 1 aliphatic heterocycles. The standard InChI is InChI=1S/C13H15ClN2O4/c1-2-3-13(18)7-15(8-13)12(17)9-4-10(14)6-11(5-9)16(19)20/h4-6,18H,2-3,7-8H2,1H3. The van der Waals surface area contributed by atoms with Crippen molar-refractivity contribution in [3.8, 4) is 0 Å². The number of nitro groups is 1. The molecule has 1 aromatic rings. The molecule has 0 saturated carbocycles. The van der Waals surface area contributed by atoms with E-state index >= 15 is 0 Å². The summed E-state index contributed by atoms with van der Waals surface area (Å²) in [4.78, 5) is 23.8. The van der Waals surface area contributed by atoms with E-state index in [2.05, 4.69) is 0 Å². The summed E-state index contributed by atoms with van der Waals surface area (Å²) in [6.45, 7) is 2.46. The van der Waals surface area contributed by atoms with E-state index in [1.54, 1.807) is 0 Å². The van der Waals surface area contributed by atoms with E-state index in [0.29, 0.717) is 6.42 Å². The fourth-order valence-electron chi connectivity index (χ4n) is 2.42. The zero-order valence-corrected chi connectivity index (χ0v) is 11.8. The molecule has 1 saturated heterocycles. The monoisotopic (exact) mass is 298 g/mol. The van der Waals surface area contributed by atoms with Crippen LogP contribution in [0.5, 0.6) is 0 Å². The van der Waals surface area contributed by atoms with Crippen LogP contribution in [0.25, 0.3) is 0 Å². The van der Waals surface area contributed by atoms with Crippen molar-refractivity contribution in [3.63, 3.8) is 0 Å². The first-order chi connectivity index (χ1) is 9.34. The molecule has 1 fully saturated rings. The van der Waals surface area contributed by atoms with Crippen LogP contribution in [0.15, 0.2) is 18.2 Å². The highest BCUT2D eigenvalue weighted by molar-refractivity contribution is 6.31. The van der Waals surface area contributed by atoms with Gasteiger partial charge in [-0.3, -0.25) is 14.9 Å². The topological polar surface area (TPSA) is 83.7 Å². The van der Waals surface area contributed by atoms with Crippen LogP contribution >= 0.6 is 11.6 Å². The lowest BCUT2D eigenvalue weighted by molar-refractivity contribution is -0.384. The second-order valence-corrected chi connectivity index (χ2v) is 5.53. The Labute approximate surface area is 121 Å². The third kappa shape index (κ3) is 2.91. The number of benzene rings is 1. The van der Waals surface area contributed by atoms with Gasteiger partial charge in [-0.25, -0.2) is 0 Å². The van der Waals surface area contributed by atoms with Crippen LogP contribution in [0, 0.1) is 10.1 Å². The number of carbonyl (C=O) groups is 1. The number of nitro benzene ring substituents is 1. The zero-order valence-electron chi connectivity index (χ0n) is 11.0. The minimum atomic E-state index is -0.824. The van der Waals surface area contributed by atoms with E-state index < -0.39 is 10.5 Å². The van der Waals surface area contributed by atoms with E-state index in [1.165, 1.54) is 23.1 Å². The summed E-state index contributed by atoms with van der Waals surface area (Å²) in [5.74, 6) is -0.351. The third-order valence-electron chi connectivity index (χ3n) is 3.31. The number of aliphatic hydroxyl groups is 1. The number of rotatable bonds is 4. The molecule has 1 heterocycles. The van der Waals surface area contributed by atoms with Crippen LogP contribution in [0.4, 0.5) is 5.69 Å². The van der Waals surface area contributed by atoms with E-state index in [0.717, 1.165) is 6.42 Å². The Morgan fingerprint density at radius 3 is 2.70 bits per heavy atom. The van der Waals surface area contributed by atoms with Crippen molar-refractivity contribution < 1.29 is 14.8 Å².